The third kappa shape index (κ3) is 1.76. The van der Waals surface area contributed by atoms with Gasteiger partial charge in [0.05, 0.1) is 0 Å². The number of rotatable bonds is 4. The molecule has 2 heterocycles. The lowest BCUT2D eigenvalue weighted by Crippen LogP contribution is -2.43. The van der Waals surface area contributed by atoms with Gasteiger partial charge in [0.2, 0.25) is 0 Å². The zero-order chi connectivity index (χ0) is 12.5. The molecule has 1 aliphatic rings. The number of anilines is 1. The summed E-state index contributed by atoms with van der Waals surface area (Å²) in [5.41, 5.74) is 5.98. The zero-order valence-electron chi connectivity index (χ0n) is 10.0. The van der Waals surface area contributed by atoms with Gasteiger partial charge in [-0.05, 0) is 19.3 Å². The molecule has 3 rings (SSSR count). The number of nitrogens with two attached hydrogens (primary N) is 1. The molecule has 1 fully saturated rings. The summed E-state index contributed by atoms with van der Waals surface area (Å²) in [6.45, 7) is 1.37. The molecule has 0 aromatic carbocycles. The van der Waals surface area contributed by atoms with Crippen molar-refractivity contribution in [3.8, 4) is 0 Å². The number of hydrogen-bond donors (Lipinski definition) is 2. The largest absolute Gasteiger partial charge is 0.352 e. The molecule has 1 saturated carbocycles. The van der Waals surface area contributed by atoms with Crippen molar-refractivity contribution in [1.29, 1.82) is 0 Å². The van der Waals surface area contributed by atoms with Gasteiger partial charge >= 0.3 is 5.69 Å². The number of nitrogens with zero attached hydrogens (tertiary/aromatic N) is 4. The summed E-state index contributed by atoms with van der Waals surface area (Å²) in [5, 5.41) is 6.36. The summed E-state index contributed by atoms with van der Waals surface area (Å²) in [5.74, 6) is 0.844. The monoisotopic (exact) mass is 248 g/mol. The highest BCUT2D eigenvalue weighted by molar-refractivity contribution is 5.51. The fraction of sp³-hybridized carbons (Fsp3) is 0.545. The van der Waals surface area contributed by atoms with Gasteiger partial charge in [-0.15, -0.1) is 0 Å². The summed E-state index contributed by atoms with van der Waals surface area (Å²) in [6, 6.07) is 2.35. The maximum Gasteiger partial charge on any atom is 0.348 e. The van der Waals surface area contributed by atoms with E-state index in [4.69, 9.17) is 5.73 Å². The lowest BCUT2D eigenvalue weighted by Gasteiger charge is -2.38. The highest BCUT2D eigenvalue weighted by atomic mass is 16.1. The predicted molar refractivity (Wildman–Crippen MR) is 67.6 cm³/mol. The van der Waals surface area contributed by atoms with E-state index in [1.165, 1.54) is 30.0 Å². The second-order valence-electron chi connectivity index (χ2n) is 4.57. The molecular weight excluding hydrogens is 232 g/mol. The minimum Gasteiger partial charge on any atom is -0.352 e. The van der Waals surface area contributed by atoms with Gasteiger partial charge in [-0.2, -0.15) is 5.10 Å². The van der Waals surface area contributed by atoms with Crippen LogP contribution >= 0.6 is 0 Å². The Morgan fingerprint density at radius 2 is 2.39 bits per heavy atom. The standard InChI is InChI=1S/C11H16N6O/c12-4-5-16(8-2-1-3-8)9-6-10-14-15-11(18)17(10)7-13-9/h6-8H,1-5,12H2,(H,15,18). The molecule has 0 bridgehead atoms. The quantitative estimate of drug-likeness (QED) is 0.777. The van der Waals surface area contributed by atoms with E-state index in [0.29, 0.717) is 18.2 Å². The SMILES string of the molecule is NCCN(c1cc2n[nH]c(=O)n2cn1)C1CCC1. The average Bonchev–Trinajstić information content (AvgIpc) is 2.68. The molecule has 0 radical (unpaired) electrons. The van der Waals surface area contributed by atoms with E-state index >= 15 is 0 Å². The highest BCUT2D eigenvalue weighted by Crippen LogP contribution is 2.28. The molecule has 0 saturated heterocycles. The summed E-state index contributed by atoms with van der Waals surface area (Å²) in [4.78, 5) is 17.9. The fourth-order valence-corrected chi connectivity index (χ4v) is 2.28. The van der Waals surface area contributed by atoms with Crippen LogP contribution in [-0.4, -0.2) is 38.7 Å². The van der Waals surface area contributed by atoms with Gasteiger partial charge in [-0.25, -0.2) is 19.3 Å². The molecule has 0 atom stereocenters. The van der Waals surface area contributed by atoms with Gasteiger partial charge in [0.25, 0.3) is 0 Å². The van der Waals surface area contributed by atoms with Crippen LogP contribution in [0.2, 0.25) is 0 Å². The Kier molecular flexibility index (Phi) is 2.75. The van der Waals surface area contributed by atoms with Crippen LogP contribution in [-0.2, 0) is 0 Å². The van der Waals surface area contributed by atoms with Crippen LogP contribution in [0.15, 0.2) is 17.2 Å². The molecule has 0 unspecified atom stereocenters. The number of hydrogen-bond acceptors (Lipinski definition) is 5. The van der Waals surface area contributed by atoms with Crippen LogP contribution < -0.4 is 16.3 Å². The Balaban J connectivity index is 1.97. The molecule has 1 aliphatic carbocycles. The molecule has 2 aromatic heterocycles. The number of H-pyrrole nitrogens is 1. The Morgan fingerprint density at radius 1 is 1.56 bits per heavy atom. The first-order valence-corrected chi connectivity index (χ1v) is 6.19. The summed E-state index contributed by atoms with van der Waals surface area (Å²) < 4.78 is 1.39. The van der Waals surface area contributed by atoms with Gasteiger partial charge in [0.15, 0.2) is 5.65 Å². The third-order valence-corrected chi connectivity index (χ3v) is 3.48. The molecular formula is C11H16N6O. The molecule has 96 valence electrons. The van der Waals surface area contributed by atoms with Crippen molar-refractivity contribution in [3.63, 3.8) is 0 Å². The summed E-state index contributed by atoms with van der Waals surface area (Å²) in [6.07, 6.45) is 5.13. The first kappa shape index (κ1) is 11.2. The van der Waals surface area contributed by atoms with Crippen molar-refractivity contribution in [2.24, 2.45) is 5.73 Å². The van der Waals surface area contributed by atoms with E-state index in [-0.39, 0.29) is 5.69 Å². The van der Waals surface area contributed by atoms with E-state index in [1.807, 2.05) is 6.07 Å². The van der Waals surface area contributed by atoms with Crippen molar-refractivity contribution in [2.75, 3.05) is 18.0 Å². The summed E-state index contributed by atoms with van der Waals surface area (Å²) >= 11 is 0. The highest BCUT2D eigenvalue weighted by Gasteiger charge is 2.25. The van der Waals surface area contributed by atoms with Gasteiger partial charge in [-0.1, -0.05) is 0 Å². The number of aromatic amines is 1. The third-order valence-electron chi connectivity index (χ3n) is 3.48. The van der Waals surface area contributed by atoms with E-state index < -0.39 is 0 Å². The second kappa shape index (κ2) is 4.41. The summed E-state index contributed by atoms with van der Waals surface area (Å²) in [7, 11) is 0. The lowest BCUT2D eigenvalue weighted by molar-refractivity contribution is 0.386. The van der Waals surface area contributed by atoms with E-state index in [9.17, 15) is 4.79 Å². The van der Waals surface area contributed by atoms with Crippen LogP contribution in [0.4, 0.5) is 5.82 Å². The van der Waals surface area contributed by atoms with Gasteiger partial charge in [0.1, 0.15) is 12.1 Å². The maximum absolute atomic E-state index is 11.4. The molecule has 2 aromatic rings. The van der Waals surface area contributed by atoms with Crippen LogP contribution in [0, 0.1) is 0 Å². The van der Waals surface area contributed by atoms with Gasteiger partial charge in [-0.3, -0.25) is 0 Å². The molecule has 7 nitrogen and oxygen atoms in total. The second-order valence-corrected chi connectivity index (χ2v) is 4.57. The maximum atomic E-state index is 11.4. The average molecular weight is 248 g/mol. The van der Waals surface area contributed by atoms with Crippen LogP contribution in [0.1, 0.15) is 19.3 Å². The number of aromatic nitrogens is 4. The Hall–Kier alpha value is -1.89. The zero-order valence-corrected chi connectivity index (χ0v) is 10.0. The molecule has 0 amide bonds. The molecule has 0 spiro atoms. The van der Waals surface area contributed by atoms with Crippen molar-refractivity contribution in [3.05, 3.63) is 22.9 Å². The first-order valence-electron chi connectivity index (χ1n) is 6.19. The Labute approximate surface area is 104 Å². The number of nitrogens with one attached hydrogen (secondary N) is 1. The smallest absolute Gasteiger partial charge is 0.348 e. The predicted octanol–water partition coefficient (Wildman–Crippen LogP) is -0.265. The topological polar surface area (TPSA) is 92.3 Å². The molecule has 3 N–H and O–H groups in total. The minimum atomic E-state index is -0.266. The molecule has 0 aliphatic heterocycles. The lowest BCUT2D eigenvalue weighted by atomic mass is 9.91. The molecule has 7 heteroatoms. The Bertz CT molecular complexity index is 599. The van der Waals surface area contributed by atoms with Crippen LogP contribution in [0.3, 0.4) is 0 Å². The van der Waals surface area contributed by atoms with E-state index in [2.05, 4.69) is 20.1 Å². The fourth-order valence-electron chi connectivity index (χ4n) is 2.28. The van der Waals surface area contributed by atoms with Crippen molar-refractivity contribution in [2.45, 2.75) is 25.3 Å². The first-order chi connectivity index (χ1) is 8.79. The van der Waals surface area contributed by atoms with Gasteiger partial charge < -0.3 is 10.6 Å². The minimum absolute atomic E-state index is 0.266. The van der Waals surface area contributed by atoms with Gasteiger partial charge in [0, 0.05) is 25.2 Å². The van der Waals surface area contributed by atoms with E-state index in [0.717, 1.165) is 12.4 Å². The van der Waals surface area contributed by atoms with Crippen molar-refractivity contribution in [1.82, 2.24) is 19.6 Å². The Morgan fingerprint density at radius 3 is 3.06 bits per heavy atom. The molecule has 18 heavy (non-hydrogen) atoms. The van der Waals surface area contributed by atoms with Crippen LogP contribution in [0.5, 0.6) is 0 Å². The van der Waals surface area contributed by atoms with Crippen LogP contribution in [0.25, 0.3) is 5.65 Å². The normalized spacial score (nSPS) is 15.8. The van der Waals surface area contributed by atoms with Crippen molar-refractivity contribution < 1.29 is 0 Å². The van der Waals surface area contributed by atoms with E-state index in [1.54, 1.807) is 0 Å². The number of fused-ring (bicyclic) bond motifs is 1. The van der Waals surface area contributed by atoms with Crippen molar-refractivity contribution >= 4 is 11.5 Å².